The molecule has 3 rings (SSSR count). The van der Waals surface area contributed by atoms with Crippen molar-refractivity contribution in [2.24, 2.45) is 0 Å². The summed E-state index contributed by atoms with van der Waals surface area (Å²) < 4.78 is 11.9. The van der Waals surface area contributed by atoms with Crippen molar-refractivity contribution in [3.63, 3.8) is 0 Å². The number of hydrogen-bond acceptors (Lipinski definition) is 7. The standard InChI is InChI=1S/C19H23N5O4/c1-10-8-16-20-12(3)15(13(4)24(16)22-10)6-7-18(25)27-14(5)19(26)21-17-9-11(2)23-28-17/h8-9,14H,6-7H2,1-5H3,(H,21,26)/t14-/m0/s1. The van der Waals surface area contributed by atoms with E-state index in [1.165, 1.54) is 6.92 Å². The second-order valence-electron chi connectivity index (χ2n) is 6.77. The summed E-state index contributed by atoms with van der Waals surface area (Å²) in [6.07, 6.45) is -0.364. The Morgan fingerprint density at radius 1 is 1.21 bits per heavy atom. The van der Waals surface area contributed by atoms with Gasteiger partial charge >= 0.3 is 5.97 Å². The number of aromatic nitrogens is 4. The van der Waals surface area contributed by atoms with Gasteiger partial charge in [0.1, 0.15) is 0 Å². The number of fused-ring (bicyclic) bond motifs is 1. The summed E-state index contributed by atoms with van der Waals surface area (Å²) in [7, 11) is 0. The van der Waals surface area contributed by atoms with Crippen molar-refractivity contribution in [1.82, 2.24) is 19.8 Å². The van der Waals surface area contributed by atoms with E-state index < -0.39 is 18.0 Å². The molecule has 1 atom stereocenters. The topological polar surface area (TPSA) is 112 Å². The van der Waals surface area contributed by atoms with Crippen LogP contribution in [0.1, 0.15) is 41.7 Å². The second kappa shape index (κ2) is 7.79. The van der Waals surface area contributed by atoms with Crippen LogP contribution in [0.2, 0.25) is 0 Å². The number of hydrogen-bond donors (Lipinski definition) is 1. The van der Waals surface area contributed by atoms with Crippen LogP contribution in [-0.2, 0) is 20.7 Å². The predicted octanol–water partition coefficient (Wildman–Crippen LogP) is 2.45. The first kappa shape index (κ1) is 19.5. The van der Waals surface area contributed by atoms with E-state index >= 15 is 0 Å². The zero-order chi connectivity index (χ0) is 20.4. The molecule has 28 heavy (non-hydrogen) atoms. The summed E-state index contributed by atoms with van der Waals surface area (Å²) in [6.45, 7) is 9.01. The molecule has 0 aromatic carbocycles. The highest BCUT2D eigenvalue weighted by molar-refractivity contribution is 5.94. The number of rotatable bonds is 6. The Hall–Kier alpha value is -3.23. The van der Waals surface area contributed by atoms with Gasteiger partial charge in [0.05, 0.1) is 11.4 Å². The molecule has 0 aliphatic carbocycles. The van der Waals surface area contributed by atoms with Gasteiger partial charge in [0.2, 0.25) is 5.88 Å². The lowest BCUT2D eigenvalue weighted by molar-refractivity contribution is -0.153. The molecular formula is C19H23N5O4. The molecule has 1 amide bonds. The highest BCUT2D eigenvalue weighted by Gasteiger charge is 2.20. The average Bonchev–Trinajstić information content (AvgIpc) is 3.19. The van der Waals surface area contributed by atoms with Gasteiger partial charge < -0.3 is 9.26 Å². The molecule has 0 saturated heterocycles. The fourth-order valence-corrected chi connectivity index (χ4v) is 2.99. The molecular weight excluding hydrogens is 362 g/mol. The van der Waals surface area contributed by atoms with Crippen LogP contribution < -0.4 is 5.32 Å². The lowest BCUT2D eigenvalue weighted by atomic mass is 10.1. The molecule has 3 heterocycles. The zero-order valence-corrected chi connectivity index (χ0v) is 16.6. The third-order valence-corrected chi connectivity index (χ3v) is 4.42. The molecule has 9 nitrogen and oxygen atoms in total. The number of amides is 1. The number of aryl methyl sites for hydroxylation is 4. The van der Waals surface area contributed by atoms with Crippen LogP contribution in [0.4, 0.5) is 5.88 Å². The van der Waals surface area contributed by atoms with E-state index in [9.17, 15) is 9.59 Å². The molecule has 3 aromatic rings. The van der Waals surface area contributed by atoms with Gasteiger partial charge in [0.25, 0.3) is 5.91 Å². The lowest BCUT2D eigenvalue weighted by Gasteiger charge is -2.13. The Labute approximate surface area is 162 Å². The Morgan fingerprint density at radius 2 is 1.96 bits per heavy atom. The van der Waals surface area contributed by atoms with Crippen molar-refractivity contribution in [1.29, 1.82) is 0 Å². The maximum atomic E-state index is 12.2. The Morgan fingerprint density at radius 3 is 2.64 bits per heavy atom. The van der Waals surface area contributed by atoms with Crippen molar-refractivity contribution in [3.05, 3.63) is 40.5 Å². The second-order valence-corrected chi connectivity index (χ2v) is 6.77. The molecule has 148 valence electrons. The fourth-order valence-electron chi connectivity index (χ4n) is 2.99. The third kappa shape index (κ3) is 4.19. The van der Waals surface area contributed by atoms with Crippen molar-refractivity contribution in [3.8, 4) is 0 Å². The van der Waals surface area contributed by atoms with E-state index in [-0.39, 0.29) is 12.3 Å². The zero-order valence-electron chi connectivity index (χ0n) is 16.6. The van der Waals surface area contributed by atoms with Gasteiger partial charge in [-0.2, -0.15) is 5.10 Å². The Bertz CT molecular complexity index is 1040. The van der Waals surface area contributed by atoms with Gasteiger partial charge in [-0.3, -0.25) is 14.9 Å². The number of carbonyl (C=O) groups excluding carboxylic acids is 2. The predicted molar refractivity (Wildman–Crippen MR) is 101 cm³/mol. The van der Waals surface area contributed by atoms with Gasteiger partial charge in [-0.15, -0.1) is 0 Å². The van der Waals surface area contributed by atoms with E-state index in [1.54, 1.807) is 17.5 Å². The molecule has 0 aliphatic rings. The minimum atomic E-state index is -0.950. The van der Waals surface area contributed by atoms with Gasteiger partial charge in [-0.05, 0) is 46.6 Å². The summed E-state index contributed by atoms with van der Waals surface area (Å²) in [5.41, 5.74) is 5.05. The highest BCUT2D eigenvalue weighted by Crippen LogP contribution is 2.17. The fraction of sp³-hybridized carbons (Fsp3) is 0.421. The van der Waals surface area contributed by atoms with Crippen LogP contribution in [0.15, 0.2) is 16.7 Å². The van der Waals surface area contributed by atoms with E-state index in [4.69, 9.17) is 9.26 Å². The van der Waals surface area contributed by atoms with Crippen LogP contribution >= 0.6 is 0 Å². The normalized spacial score (nSPS) is 12.2. The number of nitrogens with zero attached hydrogens (tertiary/aromatic N) is 4. The first-order valence-electron chi connectivity index (χ1n) is 9.00. The molecule has 0 saturated carbocycles. The van der Waals surface area contributed by atoms with E-state index in [0.717, 1.165) is 28.3 Å². The quantitative estimate of drug-likeness (QED) is 0.649. The summed E-state index contributed by atoms with van der Waals surface area (Å²) in [4.78, 5) is 28.8. The average molecular weight is 385 g/mol. The van der Waals surface area contributed by atoms with Crippen LogP contribution in [0, 0.1) is 27.7 Å². The van der Waals surface area contributed by atoms with Crippen molar-refractivity contribution < 1.29 is 18.8 Å². The molecule has 0 radical (unpaired) electrons. The Balaban J connectivity index is 1.59. The van der Waals surface area contributed by atoms with Crippen LogP contribution in [0.5, 0.6) is 0 Å². The lowest BCUT2D eigenvalue weighted by Crippen LogP contribution is -2.30. The van der Waals surface area contributed by atoms with E-state index in [0.29, 0.717) is 12.1 Å². The van der Waals surface area contributed by atoms with Crippen LogP contribution in [0.25, 0.3) is 5.65 Å². The maximum absolute atomic E-state index is 12.2. The molecule has 0 fully saturated rings. The summed E-state index contributed by atoms with van der Waals surface area (Å²) in [5, 5.41) is 10.6. The monoisotopic (exact) mass is 385 g/mol. The minimum Gasteiger partial charge on any atom is -0.453 e. The smallest absolute Gasteiger partial charge is 0.306 e. The SMILES string of the molecule is Cc1cc(NC(=O)[C@H](C)OC(=O)CCc2c(C)nc3cc(C)nn3c2C)on1. The minimum absolute atomic E-state index is 0.133. The van der Waals surface area contributed by atoms with Gasteiger partial charge in [-0.1, -0.05) is 5.16 Å². The first-order valence-corrected chi connectivity index (χ1v) is 9.00. The van der Waals surface area contributed by atoms with E-state index in [1.807, 2.05) is 26.8 Å². The molecule has 3 aromatic heterocycles. The van der Waals surface area contributed by atoms with E-state index in [2.05, 4.69) is 20.6 Å². The van der Waals surface area contributed by atoms with Gasteiger partial charge in [0, 0.05) is 29.9 Å². The largest absolute Gasteiger partial charge is 0.453 e. The van der Waals surface area contributed by atoms with Crippen LogP contribution in [-0.4, -0.2) is 37.7 Å². The maximum Gasteiger partial charge on any atom is 0.306 e. The van der Waals surface area contributed by atoms with Crippen LogP contribution in [0.3, 0.4) is 0 Å². The number of nitrogens with one attached hydrogen (secondary N) is 1. The number of esters is 1. The number of carbonyl (C=O) groups is 2. The summed E-state index contributed by atoms with van der Waals surface area (Å²) >= 11 is 0. The third-order valence-electron chi connectivity index (χ3n) is 4.42. The van der Waals surface area contributed by atoms with Gasteiger partial charge in [0.15, 0.2) is 11.8 Å². The van der Waals surface area contributed by atoms with Crippen molar-refractivity contribution in [2.45, 2.75) is 53.6 Å². The molecule has 0 spiro atoms. The molecule has 1 N–H and O–H groups in total. The summed E-state index contributed by atoms with van der Waals surface area (Å²) in [5.74, 6) is -0.732. The summed E-state index contributed by atoms with van der Waals surface area (Å²) in [6, 6.07) is 3.49. The van der Waals surface area contributed by atoms with Crippen molar-refractivity contribution >= 4 is 23.4 Å². The molecule has 9 heteroatoms. The highest BCUT2D eigenvalue weighted by atomic mass is 16.5. The first-order chi connectivity index (χ1) is 13.2. The molecule has 0 bridgehead atoms. The van der Waals surface area contributed by atoms with Crippen molar-refractivity contribution in [2.75, 3.05) is 5.32 Å². The molecule has 0 aliphatic heterocycles. The van der Waals surface area contributed by atoms with Gasteiger partial charge in [-0.25, -0.2) is 9.50 Å². The molecule has 0 unspecified atom stereocenters. The number of ether oxygens (including phenoxy) is 1. The number of anilines is 1. The Kier molecular flexibility index (Phi) is 5.43.